The average molecular weight is 522 g/mol. The lowest BCUT2D eigenvalue weighted by molar-refractivity contribution is -0.0497. The Kier molecular flexibility index (Phi) is 5.97. The summed E-state index contributed by atoms with van der Waals surface area (Å²) in [7, 11) is 0. The molecule has 2 aromatic carbocycles. The molecule has 1 saturated heterocycles. The van der Waals surface area contributed by atoms with Crippen LogP contribution in [0.2, 0.25) is 0 Å². The molecule has 2 amide bonds. The lowest BCUT2D eigenvalue weighted by atomic mass is 9.82. The van der Waals surface area contributed by atoms with Gasteiger partial charge in [-0.05, 0) is 67.8 Å². The van der Waals surface area contributed by atoms with Crippen molar-refractivity contribution in [2.45, 2.75) is 44.4 Å². The number of urea groups is 1. The number of carbonyl (C=O) groups excluding carboxylic acids is 1. The van der Waals surface area contributed by atoms with E-state index in [1.165, 1.54) is 18.2 Å². The van der Waals surface area contributed by atoms with E-state index < -0.39 is 6.61 Å². The molecular weight excluding hydrogens is 495 g/mol. The minimum Gasteiger partial charge on any atom is -0.435 e. The van der Waals surface area contributed by atoms with E-state index in [1.54, 1.807) is 30.5 Å². The Labute approximate surface area is 217 Å². The van der Waals surface area contributed by atoms with Crippen LogP contribution in [0.5, 0.6) is 5.75 Å². The van der Waals surface area contributed by atoms with Gasteiger partial charge in [-0.15, -0.1) is 0 Å². The molecular formula is C28H26F3N5O2. The topological polar surface area (TPSA) is 72.3 Å². The molecule has 2 atom stereocenters. The molecule has 7 nitrogen and oxygen atoms in total. The number of nitrogens with one attached hydrogen (secondary N) is 1. The number of amides is 2. The standard InChI is InChI=1S/C28H26F3N5O2/c1-17(18-2-4-21(29)5-3-18)33-27(37)35-10-8-28(16-35)9-11-36-25(28)14-24(34-36)20-12-19-13-22(38-26(30)31)6-7-23(19)32-15-20/h2-7,12-15,17,26H,8-11,16H2,1H3,(H,33,37). The first-order valence-corrected chi connectivity index (χ1v) is 12.5. The largest absolute Gasteiger partial charge is 0.435 e. The molecule has 1 N–H and O–H groups in total. The van der Waals surface area contributed by atoms with E-state index in [4.69, 9.17) is 5.10 Å². The normalized spacial score (nSPS) is 19.3. The first kappa shape index (κ1) is 24.3. The van der Waals surface area contributed by atoms with E-state index in [0.717, 1.165) is 41.9 Å². The summed E-state index contributed by atoms with van der Waals surface area (Å²) in [6, 6.07) is 14.3. The van der Waals surface area contributed by atoms with E-state index in [-0.39, 0.29) is 29.1 Å². The highest BCUT2D eigenvalue weighted by Gasteiger charge is 2.47. The number of pyridine rings is 1. The average Bonchev–Trinajstić information content (AvgIpc) is 3.60. The number of hydrogen-bond acceptors (Lipinski definition) is 4. The summed E-state index contributed by atoms with van der Waals surface area (Å²) in [5, 5.41) is 8.51. The molecule has 4 heterocycles. The molecule has 38 heavy (non-hydrogen) atoms. The lowest BCUT2D eigenvalue weighted by Crippen LogP contribution is -2.41. The van der Waals surface area contributed by atoms with Gasteiger partial charge in [-0.3, -0.25) is 9.67 Å². The molecule has 6 rings (SSSR count). The summed E-state index contributed by atoms with van der Waals surface area (Å²) in [6.45, 7) is 0.963. The van der Waals surface area contributed by atoms with Gasteiger partial charge in [0.05, 0.1) is 17.3 Å². The van der Waals surface area contributed by atoms with Gasteiger partial charge >= 0.3 is 12.6 Å². The number of halogens is 3. The maximum atomic E-state index is 13.2. The number of ether oxygens (including phenoxy) is 1. The van der Waals surface area contributed by atoms with E-state index in [9.17, 15) is 18.0 Å². The van der Waals surface area contributed by atoms with Crippen LogP contribution in [-0.2, 0) is 12.0 Å². The van der Waals surface area contributed by atoms with Crippen molar-refractivity contribution in [3.63, 3.8) is 0 Å². The zero-order valence-electron chi connectivity index (χ0n) is 20.7. The number of aromatic nitrogens is 3. The van der Waals surface area contributed by atoms with Crippen LogP contribution in [-0.4, -0.2) is 45.4 Å². The van der Waals surface area contributed by atoms with E-state index in [1.807, 2.05) is 22.6 Å². The second-order valence-corrected chi connectivity index (χ2v) is 10.0. The fourth-order valence-electron chi connectivity index (χ4n) is 5.60. The van der Waals surface area contributed by atoms with Crippen LogP contribution in [0.4, 0.5) is 18.0 Å². The fraction of sp³-hybridized carbons (Fsp3) is 0.321. The van der Waals surface area contributed by atoms with Gasteiger partial charge < -0.3 is 15.0 Å². The number of likely N-dealkylation sites (tertiary alicyclic amines) is 1. The summed E-state index contributed by atoms with van der Waals surface area (Å²) in [5.74, 6) is -0.230. The van der Waals surface area contributed by atoms with E-state index in [2.05, 4.69) is 21.1 Å². The van der Waals surface area contributed by atoms with Crippen molar-refractivity contribution in [2.75, 3.05) is 13.1 Å². The number of hydrogen-bond donors (Lipinski definition) is 1. The number of benzene rings is 2. The van der Waals surface area contributed by atoms with Crippen LogP contribution in [0.3, 0.4) is 0 Å². The smallest absolute Gasteiger partial charge is 0.387 e. The minimum atomic E-state index is -2.89. The molecule has 1 fully saturated rings. The maximum Gasteiger partial charge on any atom is 0.387 e. The predicted molar refractivity (Wildman–Crippen MR) is 135 cm³/mol. The third-order valence-electron chi connectivity index (χ3n) is 7.65. The van der Waals surface area contributed by atoms with Gasteiger partial charge in [-0.1, -0.05) is 12.1 Å². The summed E-state index contributed by atoms with van der Waals surface area (Å²) < 4.78 is 45.1. The summed E-state index contributed by atoms with van der Waals surface area (Å²) >= 11 is 0. The monoisotopic (exact) mass is 521 g/mol. The molecule has 2 aliphatic heterocycles. The molecule has 0 saturated carbocycles. The highest BCUT2D eigenvalue weighted by molar-refractivity contribution is 5.84. The molecule has 1 spiro atoms. The number of fused-ring (bicyclic) bond motifs is 3. The van der Waals surface area contributed by atoms with Crippen LogP contribution in [0.25, 0.3) is 22.2 Å². The van der Waals surface area contributed by atoms with Crippen LogP contribution in [0.1, 0.15) is 37.1 Å². The van der Waals surface area contributed by atoms with Gasteiger partial charge in [0.2, 0.25) is 0 Å². The number of nitrogens with zero attached hydrogens (tertiary/aromatic N) is 4. The van der Waals surface area contributed by atoms with E-state index >= 15 is 0 Å². The Bertz CT molecular complexity index is 1510. The van der Waals surface area contributed by atoms with Crippen molar-refractivity contribution in [3.8, 4) is 17.0 Å². The summed E-state index contributed by atoms with van der Waals surface area (Å²) in [6.07, 6.45) is 3.46. The van der Waals surface area contributed by atoms with Crippen molar-refractivity contribution < 1.29 is 22.7 Å². The van der Waals surface area contributed by atoms with Gasteiger partial charge in [0.1, 0.15) is 11.6 Å². The molecule has 0 bridgehead atoms. The van der Waals surface area contributed by atoms with Crippen LogP contribution in [0, 0.1) is 5.82 Å². The quantitative estimate of drug-likeness (QED) is 0.368. The molecule has 0 aliphatic carbocycles. The Hall–Kier alpha value is -4.08. The Morgan fingerprint density at radius 1 is 1.08 bits per heavy atom. The Balaban J connectivity index is 1.19. The maximum absolute atomic E-state index is 13.2. The number of alkyl halides is 2. The lowest BCUT2D eigenvalue weighted by Gasteiger charge is -2.25. The van der Waals surface area contributed by atoms with E-state index in [0.29, 0.717) is 24.0 Å². The molecule has 196 valence electrons. The fourth-order valence-corrected chi connectivity index (χ4v) is 5.60. The van der Waals surface area contributed by atoms with Gasteiger partial charge in [0, 0.05) is 47.9 Å². The van der Waals surface area contributed by atoms with Crippen molar-refractivity contribution in [1.82, 2.24) is 25.0 Å². The van der Waals surface area contributed by atoms with Crippen molar-refractivity contribution in [3.05, 3.63) is 77.9 Å². The van der Waals surface area contributed by atoms with Crippen LogP contribution in [0.15, 0.2) is 60.8 Å². The van der Waals surface area contributed by atoms with Gasteiger partial charge in [0.15, 0.2) is 0 Å². The molecule has 2 aliphatic rings. The highest BCUT2D eigenvalue weighted by atomic mass is 19.3. The van der Waals surface area contributed by atoms with Crippen LogP contribution >= 0.6 is 0 Å². The third kappa shape index (κ3) is 4.44. The number of aryl methyl sites for hydroxylation is 1. The number of carbonyl (C=O) groups is 1. The first-order valence-electron chi connectivity index (χ1n) is 12.5. The Morgan fingerprint density at radius 2 is 1.87 bits per heavy atom. The summed E-state index contributed by atoms with van der Waals surface area (Å²) in [5.41, 5.74) is 3.96. The molecule has 10 heteroatoms. The van der Waals surface area contributed by atoms with Crippen molar-refractivity contribution >= 4 is 16.9 Å². The molecule has 2 unspecified atom stereocenters. The van der Waals surface area contributed by atoms with Gasteiger partial charge in [-0.25, -0.2) is 9.18 Å². The number of rotatable bonds is 5. The third-order valence-corrected chi connectivity index (χ3v) is 7.65. The van der Waals surface area contributed by atoms with Gasteiger partial charge in [-0.2, -0.15) is 13.9 Å². The molecule has 4 aromatic rings. The molecule has 0 radical (unpaired) electrons. The van der Waals surface area contributed by atoms with Crippen molar-refractivity contribution in [2.24, 2.45) is 0 Å². The Morgan fingerprint density at radius 3 is 2.66 bits per heavy atom. The summed E-state index contributed by atoms with van der Waals surface area (Å²) in [4.78, 5) is 19.4. The second kappa shape index (κ2) is 9.34. The van der Waals surface area contributed by atoms with Gasteiger partial charge in [0.25, 0.3) is 0 Å². The highest BCUT2D eigenvalue weighted by Crippen LogP contribution is 2.44. The van der Waals surface area contributed by atoms with Crippen LogP contribution < -0.4 is 10.1 Å². The van der Waals surface area contributed by atoms with Crippen molar-refractivity contribution in [1.29, 1.82) is 0 Å². The minimum absolute atomic E-state index is 0.0795. The first-order chi connectivity index (χ1) is 18.3. The molecule has 2 aromatic heterocycles. The second-order valence-electron chi connectivity index (χ2n) is 10.0. The zero-order chi connectivity index (χ0) is 26.4. The predicted octanol–water partition coefficient (Wildman–Crippen LogP) is 5.66. The SMILES string of the molecule is CC(NC(=O)N1CCC2(CCn3nc(-c4cnc5ccc(OC(F)F)cc5c4)cc32)C1)c1ccc(F)cc1. The zero-order valence-corrected chi connectivity index (χ0v) is 20.7.